The zero-order chi connectivity index (χ0) is 14.0. The molecule has 1 aromatic heterocycles. The first-order valence-electron chi connectivity index (χ1n) is 6.03. The van der Waals surface area contributed by atoms with E-state index in [2.05, 4.69) is 0 Å². The molecular weight excluding hydrogens is 307 g/mol. The van der Waals surface area contributed by atoms with Crippen LogP contribution in [0.5, 0.6) is 0 Å². The highest BCUT2D eigenvalue weighted by molar-refractivity contribution is 7.20. The number of piperidine rings is 1. The summed E-state index contributed by atoms with van der Waals surface area (Å²) in [6.45, 7) is 0.626. The quantitative estimate of drug-likeness (QED) is 0.930. The van der Waals surface area contributed by atoms with E-state index in [1.807, 2.05) is 0 Å². The minimum atomic E-state index is -0.390. The van der Waals surface area contributed by atoms with E-state index in [9.17, 15) is 9.59 Å². The minimum Gasteiger partial charge on any atom is -0.370 e. The Balaban J connectivity index is 2.19. The van der Waals surface area contributed by atoms with Crippen molar-refractivity contribution >= 4 is 46.4 Å². The van der Waals surface area contributed by atoms with Crippen LogP contribution < -0.4 is 5.73 Å². The molecule has 1 saturated heterocycles. The smallest absolute Gasteiger partial charge is 0.256 e. The highest BCUT2D eigenvalue weighted by Gasteiger charge is 2.30. The molecule has 0 saturated carbocycles. The Hall–Kier alpha value is -0.780. The molecule has 0 aliphatic carbocycles. The molecule has 2 rings (SSSR count). The van der Waals surface area contributed by atoms with Gasteiger partial charge in [-0.1, -0.05) is 23.2 Å². The summed E-state index contributed by atoms with van der Waals surface area (Å²) in [6.07, 6.45) is 2.92. The van der Waals surface area contributed by atoms with Crippen molar-refractivity contribution in [1.29, 1.82) is 0 Å². The summed E-state index contributed by atoms with van der Waals surface area (Å²) < 4.78 is 0.871. The normalized spacial score (nSPS) is 19.5. The van der Waals surface area contributed by atoms with Crippen LogP contribution in [0.4, 0.5) is 0 Å². The van der Waals surface area contributed by atoms with Crippen LogP contribution in [0.25, 0.3) is 0 Å². The maximum Gasteiger partial charge on any atom is 0.256 e. The van der Waals surface area contributed by atoms with Crippen LogP contribution in [0.1, 0.15) is 36.0 Å². The van der Waals surface area contributed by atoms with E-state index < -0.39 is 0 Å². The number of nitrogens with two attached hydrogens (primary N) is 1. The van der Waals surface area contributed by atoms with Crippen LogP contribution in [-0.4, -0.2) is 29.3 Å². The summed E-state index contributed by atoms with van der Waals surface area (Å²) in [5.41, 5.74) is 5.65. The average molecular weight is 321 g/mol. The summed E-state index contributed by atoms with van der Waals surface area (Å²) in [5, 5.41) is 0. The Kier molecular flexibility index (Phi) is 4.71. The van der Waals surface area contributed by atoms with Gasteiger partial charge in [-0.05, 0) is 25.3 Å². The number of likely N-dealkylation sites (tertiary alicyclic amines) is 1. The number of amides is 2. The lowest BCUT2D eigenvalue weighted by molar-refractivity contribution is -0.119. The molecule has 2 amide bonds. The van der Waals surface area contributed by atoms with Gasteiger partial charge in [0.1, 0.15) is 4.34 Å². The van der Waals surface area contributed by atoms with Crippen LogP contribution >= 0.6 is 34.5 Å². The summed E-state index contributed by atoms with van der Waals surface area (Å²) in [5.74, 6) is -0.557. The molecular formula is C12H14Cl2N2O2S. The molecule has 1 atom stereocenters. The van der Waals surface area contributed by atoms with Gasteiger partial charge in [0.05, 0.1) is 9.90 Å². The summed E-state index contributed by atoms with van der Waals surface area (Å²) in [4.78, 5) is 25.2. The molecule has 7 heteroatoms. The third-order valence-corrected chi connectivity index (χ3v) is 4.70. The average Bonchev–Trinajstić information content (AvgIpc) is 2.67. The van der Waals surface area contributed by atoms with E-state index in [0.29, 0.717) is 20.8 Å². The van der Waals surface area contributed by atoms with Gasteiger partial charge in [0, 0.05) is 19.0 Å². The second-order valence-corrected chi connectivity index (χ2v) is 6.84. The van der Waals surface area contributed by atoms with Crippen molar-refractivity contribution in [3.05, 3.63) is 20.3 Å². The molecule has 0 spiro atoms. The number of primary amides is 1. The Labute approximate surface area is 125 Å². The molecule has 2 N–H and O–H groups in total. The molecule has 104 valence electrons. The van der Waals surface area contributed by atoms with Gasteiger partial charge in [0.2, 0.25) is 5.91 Å². The van der Waals surface area contributed by atoms with E-state index in [1.165, 1.54) is 11.3 Å². The van der Waals surface area contributed by atoms with Crippen LogP contribution in [0.15, 0.2) is 6.07 Å². The largest absolute Gasteiger partial charge is 0.370 e. The van der Waals surface area contributed by atoms with E-state index in [-0.39, 0.29) is 24.3 Å². The highest BCUT2D eigenvalue weighted by Crippen LogP contribution is 2.33. The number of hydrogen-bond acceptors (Lipinski definition) is 3. The highest BCUT2D eigenvalue weighted by atomic mass is 35.5. The van der Waals surface area contributed by atoms with E-state index >= 15 is 0 Å². The minimum absolute atomic E-state index is 0.131. The lowest BCUT2D eigenvalue weighted by Crippen LogP contribution is -2.45. The van der Waals surface area contributed by atoms with Gasteiger partial charge in [-0.15, -0.1) is 11.3 Å². The van der Waals surface area contributed by atoms with Crippen LogP contribution in [-0.2, 0) is 4.79 Å². The van der Waals surface area contributed by atoms with Crippen molar-refractivity contribution in [2.45, 2.75) is 31.7 Å². The van der Waals surface area contributed by atoms with E-state index in [0.717, 1.165) is 19.3 Å². The number of carbonyl (C=O) groups excluding carboxylic acids is 2. The summed E-state index contributed by atoms with van der Waals surface area (Å²) in [6, 6.07) is 1.45. The number of rotatable bonds is 3. The standard InChI is InChI=1S/C12H14Cl2N2O2S/c13-9-6-8(11(14)19-9)12(18)16-4-2-1-3-7(16)5-10(15)17/h6-7H,1-5H2,(H2,15,17). The van der Waals surface area contributed by atoms with Gasteiger partial charge in [-0.2, -0.15) is 0 Å². The maximum atomic E-state index is 12.5. The zero-order valence-corrected chi connectivity index (χ0v) is 12.5. The maximum absolute atomic E-state index is 12.5. The molecule has 19 heavy (non-hydrogen) atoms. The monoisotopic (exact) mass is 320 g/mol. The van der Waals surface area contributed by atoms with Gasteiger partial charge in [-0.25, -0.2) is 0 Å². The fourth-order valence-corrected chi connectivity index (χ4v) is 3.80. The second kappa shape index (κ2) is 6.11. The Morgan fingerprint density at radius 2 is 2.16 bits per heavy atom. The topological polar surface area (TPSA) is 63.4 Å². The predicted molar refractivity (Wildman–Crippen MR) is 76.8 cm³/mol. The lowest BCUT2D eigenvalue weighted by atomic mass is 9.98. The third kappa shape index (κ3) is 3.41. The molecule has 1 unspecified atom stereocenters. The number of carbonyl (C=O) groups is 2. The summed E-state index contributed by atoms with van der Waals surface area (Å²) in [7, 11) is 0. The van der Waals surface area contributed by atoms with E-state index in [1.54, 1.807) is 11.0 Å². The molecule has 0 bridgehead atoms. The molecule has 1 aliphatic rings. The van der Waals surface area contributed by atoms with Crippen molar-refractivity contribution in [3.63, 3.8) is 0 Å². The zero-order valence-electron chi connectivity index (χ0n) is 10.2. The van der Waals surface area contributed by atoms with Crippen LogP contribution in [0.3, 0.4) is 0 Å². The van der Waals surface area contributed by atoms with Crippen molar-refractivity contribution in [2.75, 3.05) is 6.54 Å². The predicted octanol–water partition coefficient (Wildman–Crippen LogP) is 2.93. The Bertz CT molecular complexity index is 504. The van der Waals surface area contributed by atoms with Gasteiger partial charge >= 0.3 is 0 Å². The molecule has 1 aromatic rings. The number of thiophene rings is 1. The van der Waals surface area contributed by atoms with Crippen molar-refractivity contribution in [3.8, 4) is 0 Å². The van der Waals surface area contributed by atoms with E-state index in [4.69, 9.17) is 28.9 Å². The Morgan fingerprint density at radius 1 is 1.42 bits per heavy atom. The fraction of sp³-hybridized carbons (Fsp3) is 0.500. The molecule has 0 aromatic carbocycles. The first-order chi connectivity index (χ1) is 8.99. The van der Waals surface area contributed by atoms with Gasteiger partial charge in [0.15, 0.2) is 0 Å². The molecule has 0 radical (unpaired) electrons. The van der Waals surface area contributed by atoms with Gasteiger partial charge < -0.3 is 10.6 Å². The van der Waals surface area contributed by atoms with Crippen molar-refractivity contribution in [1.82, 2.24) is 4.90 Å². The number of nitrogens with zero attached hydrogens (tertiary/aromatic N) is 1. The molecule has 1 aliphatic heterocycles. The van der Waals surface area contributed by atoms with Crippen LogP contribution in [0, 0.1) is 0 Å². The summed E-state index contributed by atoms with van der Waals surface area (Å²) >= 11 is 13.0. The van der Waals surface area contributed by atoms with Crippen LogP contribution in [0.2, 0.25) is 8.67 Å². The third-order valence-electron chi connectivity index (χ3n) is 3.21. The Morgan fingerprint density at radius 3 is 2.74 bits per heavy atom. The first-order valence-corrected chi connectivity index (χ1v) is 7.60. The van der Waals surface area contributed by atoms with Gasteiger partial charge in [-0.3, -0.25) is 9.59 Å². The first kappa shape index (κ1) is 14.6. The van der Waals surface area contributed by atoms with Crippen molar-refractivity contribution < 1.29 is 9.59 Å². The molecule has 2 heterocycles. The van der Waals surface area contributed by atoms with Crippen molar-refractivity contribution in [2.24, 2.45) is 5.73 Å². The molecule has 1 fully saturated rings. The number of halogens is 2. The van der Waals surface area contributed by atoms with Gasteiger partial charge in [0.25, 0.3) is 5.91 Å². The SMILES string of the molecule is NC(=O)CC1CCCCN1C(=O)c1cc(Cl)sc1Cl. The number of hydrogen-bond donors (Lipinski definition) is 1. The lowest BCUT2D eigenvalue weighted by Gasteiger charge is -2.35. The molecule has 4 nitrogen and oxygen atoms in total. The fourth-order valence-electron chi connectivity index (χ4n) is 2.35. The second-order valence-electron chi connectivity index (χ2n) is 4.56.